The first kappa shape index (κ1) is 13.9. The smallest absolute Gasteiger partial charge is 0.0600 e. The minimum atomic E-state index is -0.0149. The van der Waals surface area contributed by atoms with E-state index in [1.807, 2.05) is 0 Å². The van der Waals surface area contributed by atoms with Crippen LogP contribution in [-0.4, -0.2) is 48.8 Å². The standard InChI is InChI=1S/C13H28N2O/c1-11-10-15(12(2)6-7-14-11)8-9-16-13(3,4)5/h11-12,14H,6-10H2,1-5H3. The highest BCUT2D eigenvalue weighted by Gasteiger charge is 2.20. The molecule has 1 rings (SSSR count). The first-order chi connectivity index (χ1) is 7.38. The highest BCUT2D eigenvalue weighted by molar-refractivity contribution is 4.78. The summed E-state index contributed by atoms with van der Waals surface area (Å²) < 4.78 is 5.79. The molecule has 1 aliphatic rings. The molecule has 1 heterocycles. The van der Waals surface area contributed by atoms with Gasteiger partial charge in [0.2, 0.25) is 0 Å². The van der Waals surface area contributed by atoms with Gasteiger partial charge in [-0.15, -0.1) is 0 Å². The zero-order valence-corrected chi connectivity index (χ0v) is 11.5. The van der Waals surface area contributed by atoms with Crippen LogP contribution in [0.2, 0.25) is 0 Å². The topological polar surface area (TPSA) is 24.5 Å². The molecule has 0 aromatic carbocycles. The van der Waals surface area contributed by atoms with Crippen LogP contribution < -0.4 is 5.32 Å². The van der Waals surface area contributed by atoms with Crippen LogP contribution in [0.15, 0.2) is 0 Å². The van der Waals surface area contributed by atoms with Crippen molar-refractivity contribution in [1.29, 1.82) is 0 Å². The average Bonchev–Trinajstić information content (AvgIpc) is 2.27. The van der Waals surface area contributed by atoms with Crippen molar-refractivity contribution in [3.8, 4) is 0 Å². The fourth-order valence-electron chi connectivity index (χ4n) is 2.10. The molecule has 1 saturated heterocycles. The van der Waals surface area contributed by atoms with E-state index in [4.69, 9.17) is 4.74 Å². The predicted molar refractivity (Wildman–Crippen MR) is 68.8 cm³/mol. The van der Waals surface area contributed by atoms with Gasteiger partial charge in [0.05, 0.1) is 12.2 Å². The van der Waals surface area contributed by atoms with Crippen LogP contribution in [0.1, 0.15) is 41.0 Å². The summed E-state index contributed by atoms with van der Waals surface area (Å²) in [6, 6.07) is 1.26. The predicted octanol–water partition coefficient (Wildman–Crippen LogP) is 1.87. The second kappa shape index (κ2) is 5.99. The maximum absolute atomic E-state index is 5.79. The fraction of sp³-hybridized carbons (Fsp3) is 1.00. The van der Waals surface area contributed by atoms with Gasteiger partial charge in [0.1, 0.15) is 0 Å². The van der Waals surface area contributed by atoms with Crippen molar-refractivity contribution >= 4 is 0 Å². The largest absolute Gasteiger partial charge is 0.375 e. The van der Waals surface area contributed by atoms with E-state index in [1.54, 1.807) is 0 Å². The van der Waals surface area contributed by atoms with Crippen LogP contribution in [-0.2, 0) is 4.74 Å². The Labute approximate surface area is 101 Å². The zero-order valence-electron chi connectivity index (χ0n) is 11.5. The molecule has 96 valence electrons. The third-order valence-electron chi connectivity index (χ3n) is 3.10. The third-order valence-corrected chi connectivity index (χ3v) is 3.10. The number of nitrogens with one attached hydrogen (secondary N) is 1. The third kappa shape index (κ3) is 5.28. The summed E-state index contributed by atoms with van der Waals surface area (Å²) in [5, 5.41) is 3.53. The molecule has 0 saturated carbocycles. The van der Waals surface area contributed by atoms with Gasteiger partial charge in [-0.25, -0.2) is 0 Å². The molecule has 16 heavy (non-hydrogen) atoms. The van der Waals surface area contributed by atoms with Crippen molar-refractivity contribution in [2.45, 2.75) is 58.7 Å². The maximum Gasteiger partial charge on any atom is 0.0600 e. The van der Waals surface area contributed by atoms with Gasteiger partial charge in [-0.05, 0) is 47.6 Å². The Hall–Kier alpha value is -0.120. The molecule has 0 radical (unpaired) electrons. The Morgan fingerprint density at radius 2 is 2.00 bits per heavy atom. The average molecular weight is 228 g/mol. The summed E-state index contributed by atoms with van der Waals surface area (Å²) in [5.74, 6) is 0. The summed E-state index contributed by atoms with van der Waals surface area (Å²) >= 11 is 0. The number of hydrogen-bond acceptors (Lipinski definition) is 3. The van der Waals surface area contributed by atoms with E-state index in [0.29, 0.717) is 12.1 Å². The minimum Gasteiger partial charge on any atom is -0.375 e. The molecule has 3 nitrogen and oxygen atoms in total. The van der Waals surface area contributed by atoms with Crippen LogP contribution in [0.5, 0.6) is 0 Å². The number of ether oxygens (including phenoxy) is 1. The van der Waals surface area contributed by atoms with Gasteiger partial charge >= 0.3 is 0 Å². The van der Waals surface area contributed by atoms with Gasteiger partial charge in [0.25, 0.3) is 0 Å². The quantitative estimate of drug-likeness (QED) is 0.798. The van der Waals surface area contributed by atoms with Gasteiger partial charge in [0, 0.05) is 25.2 Å². The molecule has 2 unspecified atom stereocenters. The zero-order chi connectivity index (χ0) is 12.2. The summed E-state index contributed by atoms with van der Waals surface area (Å²) in [6.45, 7) is 15.1. The van der Waals surface area contributed by atoms with E-state index >= 15 is 0 Å². The van der Waals surface area contributed by atoms with Gasteiger partial charge in [-0.2, -0.15) is 0 Å². The summed E-state index contributed by atoms with van der Waals surface area (Å²) in [6.07, 6.45) is 1.24. The van der Waals surface area contributed by atoms with Crippen molar-refractivity contribution in [2.75, 3.05) is 26.2 Å². The fourth-order valence-corrected chi connectivity index (χ4v) is 2.10. The van der Waals surface area contributed by atoms with E-state index < -0.39 is 0 Å². The minimum absolute atomic E-state index is 0.0149. The van der Waals surface area contributed by atoms with E-state index in [1.165, 1.54) is 6.42 Å². The lowest BCUT2D eigenvalue weighted by molar-refractivity contribution is -0.0169. The van der Waals surface area contributed by atoms with E-state index in [2.05, 4.69) is 44.8 Å². The van der Waals surface area contributed by atoms with E-state index in [0.717, 1.165) is 26.2 Å². The SMILES string of the molecule is CC1CN(CCOC(C)(C)C)C(C)CCN1. The van der Waals surface area contributed by atoms with Crippen LogP contribution in [0.4, 0.5) is 0 Å². The van der Waals surface area contributed by atoms with Gasteiger partial charge < -0.3 is 10.1 Å². The van der Waals surface area contributed by atoms with Crippen molar-refractivity contribution in [3.63, 3.8) is 0 Å². The number of nitrogens with zero attached hydrogens (tertiary/aromatic N) is 1. The molecule has 0 aliphatic carbocycles. The molecule has 0 aromatic rings. The van der Waals surface area contributed by atoms with Crippen molar-refractivity contribution in [2.24, 2.45) is 0 Å². The molecule has 3 heteroatoms. The first-order valence-corrected chi connectivity index (χ1v) is 6.50. The lowest BCUT2D eigenvalue weighted by Gasteiger charge is -2.29. The van der Waals surface area contributed by atoms with Crippen LogP contribution in [0.25, 0.3) is 0 Å². The highest BCUT2D eigenvalue weighted by Crippen LogP contribution is 2.10. The monoisotopic (exact) mass is 228 g/mol. The normalized spacial score (nSPS) is 29.1. The first-order valence-electron chi connectivity index (χ1n) is 6.50. The molecule has 0 aromatic heterocycles. The van der Waals surface area contributed by atoms with Crippen molar-refractivity contribution in [3.05, 3.63) is 0 Å². The van der Waals surface area contributed by atoms with Crippen LogP contribution >= 0.6 is 0 Å². The Bertz CT molecular complexity index is 201. The lowest BCUT2D eigenvalue weighted by atomic mass is 10.2. The van der Waals surface area contributed by atoms with Gasteiger partial charge in [-0.3, -0.25) is 4.90 Å². The Morgan fingerprint density at radius 3 is 2.62 bits per heavy atom. The van der Waals surface area contributed by atoms with Gasteiger partial charge in [-0.1, -0.05) is 0 Å². The van der Waals surface area contributed by atoms with Crippen LogP contribution in [0.3, 0.4) is 0 Å². The molecular formula is C13H28N2O. The van der Waals surface area contributed by atoms with E-state index in [9.17, 15) is 0 Å². The summed E-state index contributed by atoms with van der Waals surface area (Å²) in [4.78, 5) is 2.54. The molecule has 1 aliphatic heterocycles. The van der Waals surface area contributed by atoms with Crippen molar-refractivity contribution < 1.29 is 4.74 Å². The second-order valence-electron chi connectivity index (χ2n) is 5.95. The second-order valence-corrected chi connectivity index (χ2v) is 5.95. The Balaban J connectivity index is 2.32. The van der Waals surface area contributed by atoms with Gasteiger partial charge in [0.15, 0.2) is 0 Å². The molecule has 0 amide bonds. The number of rotatable bonds is 3. The highest BCUT2D eigenvalue weighted by atomic mass is 16.5. The Kier molecular flexibility index (Phi) is 5.22. The van der Waals surface area contributed by atoms with Crippen molar-refractivity contribution in [1.82, 2.24) is 10.2 Å². The van der Waals surface area contributed by atoms with Crippen LogP contribution in [0, 0.1) is 0 Å². The molecule has 2 atom stereocenters. The molecule has 0 bridgehead atoms. The number of hydrogen-bond donors (Lipinski definition) is 1. The maximum atomic E-state index is 5.79. The summed E-state index contributed by atoms with van der Waals surface area (Å²) in [5.41, 5.74) is -0.0149. The lowest BCUT2D eigenvalue weighted by Crippen LogP contribution is -2.41. The molecule has 0 spiro atoms. The molecule has 1 N–H and O–H groups in total. The van der Waals surface area contributed by atoms with E-state index in [-0.39, 0.29) is 5.60 Å². The molecule has 1 fully saturated rings. The Morgan fingerprint density at radius 1 is 1.31 bits per heavy atom. The summed E-state index contributed by atoms with van der Waals surface area (Å²) in [7, 11) is 0. The molecular weight excluding hydrogens is 200 g/mol.